The fourth-order valence-electron chi connectivity index (χ4n) is 3.36. The average Bonchev–Trinajstić information content (AvgIpc) is 3.07. The third kappa shape index (κ3) is 4.14. The largest absolute Gasteiger partial charge is 0.354 e. The SMILES string of the molecule is Cc1ccc(NN=Cc2c(-c3ccc(S(C)(=O)=O)cc3)[nH]c3ccc(C)cc23)cc1. The number of hydrogen-bond acceptors (Lipinski definition) is 4. The molecule has 0 fully saturated rings. The molecule has 1 heterocycles. The Morgan fingerprint density at radius 1 is 0.900 bits per heavy atom. The van der Waals surface area contributed by atoms with Crippen LogP contribution in [0.15, 0.2) is 76.7 Å². The lowest BCUT2D eigenvalue weighted by Crippen LogP contribution is -1.96. The second-order valence-electron chi connectivity index (χ2n) is 7.50. The maximum atomic E-state index is 11.8. The third-order valence-corrected chi connectivity index (χ3v) is 6.13. The summed E-state index contributed by atoms with van der Waals surface area (Å²) in [5.41, 5.74) is 10.1. The highest BCUT2D eigenvalue weighted by Gasteiger charge is 2.13. The molecule has 0 aliphatic carbocycles. The molecule has 0 atom stereocenters. The molecular formula is C24H23N3O2S. The number of H-pyrrole nitrogens is 1. The number of aromatic amines is 1. The smallest absolute Gasteiger partial charge is 0.175 e. The maximum Gasteiger partial charge on any atom is 0.175 e. The highest BCUT2D eigenvalue weighted by Crippen LogP contribution is 2.30. The zero-order valence-electron chi connectivity index (χ0n) is 17.1. The Labute approximate surface area is 176 Å². The molecule has 0 aliphatic heterocycles. The Morgan fingerprint density at radius 2 is 1.57 bits per heavy atom. The number of anilines is 1. The number of nitrogens with zero attached hydrogens (tertiary/aromatic N) is 1. The van der Waals surface area contributed by atoms with E-state index >= 15 is 0 Å². The topological polar surface area (TPSA) is 74.3 Å². The second-order valence-corrected chi connectivity index (χ2v) is 9.51. The maximum absolute atomic E-state index is 11.8. The zero-order chi connectivity index (χ0) is 21.3. The summed E-state index contributed by atoms with van der Waals surface area (Å²) in [7, 11) is -3.24. The number of fused-ring (bicyclic) bond motifs is 1. The van der Waals surface area contributed by atoms with Crippen LogP contribution in [0.5, 0.6) is 0 Å². The number of hydrazone groups is 1. The number of aryl methyl sites for hydroxylation is 2. The van der Waals surface area contributed by atoms with Crippen LogP contribution >= 0.6 is 0 Å². The molecular weight excluding hydrogens is 394 g/mol. The van der Waals surface area contributed by atoms with Crippen LogP contribution < -0.4 is 5.43 Å². The first-order chi connectivity index (χ1) is 14.3. The first-order valence-electron chi connectivity index (χ1n) is 9.60. The fraction of sp³-hybridized carbons (Fsp3) is 0.125. The van der Waals surface area contributed by atoms with Gasteiger partial charge < -0.3 is 4.98 Å². The van der Waals surface area contributed by atoms with Gasteiger partial charge in [-0.2, -0.15) is 5.10 Å². The predicted molar refractivity (Wildman–Crippen MR) is 124 cm³/mol. The van der Waals surface area contributed by atoms with Gasteiger partial charge in [-0.05, 0) is 55.8 Å². The molecule has 1 aromatic heterocycles. The number of benzene rings is 3. The Morgan fingerprint density at radius 3 is 2.23 bits per heavy atom. The molecule has 0 spiro atoms. The van der Waals surface area contributed by atoms with E-state index in [4.69, 9.17) is 0 Å². The quantitative estimate of drug-likeness (QED) is 0.342. The van der Waals surface area contributed by atoms with Crippen LogP contribution in [0.1, 0.15) is 16.7 Å². The van der Waals surface area contributed by atoms with Crippen molar-refractivity contribution in [2.24, 2.45) is 5.10 Å². The van der Waals surface area contributed by atoms with E-state index in [0.717, 1.165) is 39.0 Å². The van der Waals surface area contributed by atoms with Gasteiger partial charge in [-0.15, -0.1) is 0 Å². The first-order valence-corrected chi connectivity index (χ1v) is 11.5. The summed E-state index contributed by atoms with van der Waals surface area (Å²) in [4.78, 5) is 3.75. The van der Waals surface area contributed by atoms with Crippen molar-refractivity contribution in [2.45, 2.75) is 18.7 Å². The van der Waals surface area contributed by atoms with Gasteiger partial charge in [0.25, 0.3) is 0 Å². The zero-order valence-corrected chi connectivity index (χ0v) is 17.9. The monoisotopic (exact) mass is 417 g/mol. The van der Waals surface area contributed by atoms with Gasteiger partial charge in [-0.1, -0.05) is 41.5 Å². The van der Waals surface area contributed by atoms with Crippen LogP contribution in [-0.2, 0) is 9.84 Å². The van der Waals surface area contributed by atoms with E-state index in [1.54, 1.807) is 18.3 Å². The van der Waals surface area contributed by atoms with E-state index in [-0.39, 0.29) is 0 Å². The number of aromatic nitrogens is 1. The number of nitrogens with one attached hydrogen (secondary N) is 2. The van der Waals surface area contributed by atoms with Crippen LogP contribution in [-0.4, -0.2) is 25.9 Å². The van der Waals surface area contributed by atoms with Crippen molar-refractivity contribution in [3.05, 3.63) is 83.4 Å². The van der Waals surface area contributed by atoms with Crippen LogP contribution in [0, 0.1) is 13.8 Å². The van der Waals surface area contributed by atoms with Crippen molar-refractivity contribution in [2.75, 3.05) is 11.7 Å². The summed E-state index contributed by atoms with van der Waals surface area (Å²) in [6.45, 7) is 4.10. The standard InChI is InChI=1S/C24H23N3O2S/c1-16-4-9-19(10-5-16)27-25-15-22-21-14-17(2)6-13-23(21)26-24(22)18-7-11-20(12-8-18)30(3,28)29/h4-15,26-27H,1-3H3. The fourth-order valence-corrected chi connectivity index (χ4v) is 3.99. The molecule has 0 bridgehead atoms. The molecule has 2 N–H and O–H groups in total. The van der Waals surface area contributed by atoms with Crippen molar-refractivity contribution < 1.29 is 8.42 Å². The summed E-state index contributed by atoms with van der Waals surface area (Å²) in [5.74, 6) is 0. The van der Waals surface area contributed by atoms with E-state index in [0.29, 0.717) is 4.90 Å². The van der Waals surface area contributed by atoms with E-state index in [9.17, 15) is 8.42 Å². The van der Waals surface area contributed by atoms with E-state index in [1.807, 2.05) is 49.4 Å². The van der Waals surface area contributed by atoms with Crippen LogP contribution in [0.2, 0.25) is 0 Å². The lowest BCUT2D eigenvalue weighted by Gasteiger charge is -2.04. The Bertz CT molecular complexity index is 1330. The molecule has 30 heavy (non-hydrogen) atoms. The number of sulfone groups is 1. The second kappa shape index (κ2) is 7.80. The lowest BCUT2D eigenvalue weighted by molar-refractivity contribution is 0.602. The molecule has 0 radical (unpaired) electrons. The van der Waals surface area contributed by atoms with Crippen molar-refractivity contribution in [3.8, 4) is 11.3 Å². The summed E-state index contributed by atoms with van der Waals surface area (Å²) in [6, 6.07) is 21.1. The molecule has 0 unspecified atom stereocenters. The van der Waals surface area contributed by atoms with E-state index in [2.05, 4.69) is 34.6 Å². The molecule has 0 saturated carbocycles. The van der Waals surface area contributed by atoms with Gasteiger partial charge in [0.1, 0.15) is 0 Å². The Balaban J connectivity index is 1.76. The van der Waals surface area contributed by atoms with Crippen LogP contribution in [0.3, 0.4) is 0 Å². The molecule has 152 valence electrons. The first kappa shape index (κ1) is 19.9. The summed E-state index contributed by atoms with van der Waals surface area (Å²) >= 11 is 0. The average molecular weight is 418 g/mol. The highest BCUT2D eigenvalue weighted by atomic mass is 32.2. The van der Waals surface area contributed by atoms with Crippen molar-refractivity contribution >= 4 is 32.6 Å². The third-order valence-electron chi connectivity index (χ3n) is 5.00. The molecule has 3 aromatic carbocycles. The molecule has 5 nitrogen and oxygen atoms in total. The molecule has 0 saturated heterocycles. The van der Waals surface area contributed by atoms with Gasteiger partial charge in [-0.25, -0.2) is 8.42 Å². The van der Waals surface area contributed by atoms with Crippen molar-refractivity contribution in [1.82, 2.24) is 4.98 Å². The molecule has 0 amide bonds. The van der Waals surface area contributed by atoms with Crippen molar-refractivity contribution in [3.63, 3.8) is 0 Å². The normalized spacial score (nSPS) is 12.0. The van der Waals surface area contributed by atoms with Gasteiger partial charge >= 0.3 is 0 Å². The number of rotatable bonds is 5. The molecule has 0 aliphatic rings. The molecule has 4 aromatic rings. The van der Waals surface area contributed by atoms with Gasteiger partial charge in [0.05, 0.1) is 22.5 Å². The predicted octanol–water partition coefficient (Wildman–Crippen LogP) is 5.30. The van der Waals surface area contributed by atoms with Crippen LogP contribution in [0.4, 0.5) is 5.69 Å². The Kier molecular flexibility index (Phi) is 5.18. The lowest BCUT2D eigenvalue weighted by atomic mass is 10.0. The van der Waals surface area contributed by atoms with Crippen LogP contribution in [0.25, 0.3) is 22.2 Å². The molecule has 6 heteroatoms. The Hall–Kier alpha value is -3.38. The molecule has 4 rings (SSSR count). The van der Waals surface area contributed by atoms with Gasteiger partial charge in [-0.3, -0.25) is 5.43 Å². The van der Waals surface area contributed by atoms with E-state index < -0.39 is 9.84 Å². The number of hydrogen-bond donors (Lipinski definition) is 2. The van der Waals surface area contributed by atoms with E-state index in [1.165, 1.54) is 11.8 Å². The van der Waals surface area contributed by atoms with Gasteiger partial charge in [0.15, 0.2) is 9.84 Å². The minimum absolute atomic E-state index is 0.300. The summed E-state index contributed by atoms with van der Waals surface area (Å²) < 4.78 is 23.6. The summed E-state index contributed by atoms with van der Waals surface area (Å²) in [5, 5.41) is 5.51. The summed E-state index contributed by atoms with van der Waals surface area (Å²) in [6.07, 6.45) is 3.01. The van der Waals surface area contributed by atoms with Crippen molar-refractivity contribution in [1.29, 1.82) is 0 Å². The minimum Gasteiger partial charge on any atom is -0.354 e. The van der Waals surface area contributed by atoms with Gasteiger partial charge in [0, 0.05) is 22.7 Å². The highest BCUT2D eigenvalue weighted by molar-refractivity contribution is 7.90. The van der Waals surface area contributed by atoms with Gasteiger partial charge in [0.2, 0.25) is 0 Å². The minimum atomic E-state index is -3.24.